The molecular weight excluding hydrogens is 302 g/mol. The molecule has 6 nitrogen and oxygen atoms in total. The van der Waals surface area contributed by atoms with Crippen LogP contribution in [-0.2, 0) is 4.79 Å². The number of likely N-dealkylation sites (tertiary alicyclic amines) is 1. The molecule has 1 atom stereocenters. The molecule has 1 amide bonds. The largest absolute Gasteiger partial charge is 0.341 e. The van der Waals surface area contributed by atoms with Crippen molar-refractivity contribution in [2.24, 2.45) is 5.92 Å². The monoisotopic (exact) mass is 331 g/mol. The quantitative estimate of drug-likeness (QED) is 0.839. The molecule has 2 aliphatic rings. The minimum absolute atomic E-state index is 0.319. The number of hydrogen-bond donors (Lipinski definition) is 0. The van der Waals surface area contributed by atoms with Crippen LogP contribution in [0.2, 0.25) is 0 Å². The predicted molar refractivity (Wildman–Crippen MR) is 94.9 cm³/mol. The Balaban J connectivity index is 1.46. The van der Waals surface area contributed by atoms with Gasteiger partial charge < -0.3 is 14.7 Å². The second-order valence-electron chi connectivity index (χ2n) is 7.08. The summed E-state index contributed by atoms with van der Waals surface area (Å²) < 4.78 is 0. The molecule has 0 radical (unpaired) electrons. The van der Waals surface area contributed by atoms with Crippen molar-refractivity contribution in [2.45, 2.75) is 32.1 Å². The minimum atomic E-state index is 0.319. The van der Waals surface area contributed by atoms with Gasteiger partial charge in [0, 0.05) is 51.5 Å². The number of carbonyl (C=O) groups is 1. The van der Waals surface area contributed by atoms with Crippen LogP contribution in [0.3, 0.4) is 0 Å². The molecule has 2 saturated heterocycles. The molecule has 3 rings (SSSR count). The molecule has 0 N–H and O–H groups in total. The van der Waals surface area contributed by atoms with Crippen molar-refractivity contribution < 1.29 is 4.79 Å². The SMILES string of the molecule is CN1CCC[C@H](CCC(=O)N2CCCN(c3ncccn3)CC2)C1. The maximum atomic E-state index is 12.6. The van der Waals surface area contributed by atoms with Crippen molar-refractivity contribution >= 4 is 11.9 Å². The summed E-state index contributed by atoms with van der Waals surface area (Å²) in [4.78, 5) is 27.8. The van der Waals surface area contributed by atoms with Crippen LogP contribution in [0.1, 0.15) is 32.1 Å². The van der Waals surface area contributed by atoms with Crippen molar-refractivity contribution in [1.82, 2.24) is 19.8 Å². The van der Waals surface area contributed by atoms with Crippen LogP contribution in [0.15, 0.2) is 18.5 Å². The molecule has 6 heteroatoms. The second-order valence-corrected chi connectivity index (χ2v) is 7.08. The molecule has 0 aromatic carbocycles. The third kappa shape index (κ3) is 4.66. The Morgan fingerprint density at radius 2 is 1.96 bits per heavy atom. The Morgan fingerprint density at radius 3 is 2.75 bits per heavy atom. The summed E-state index contributed by atoms with van der Waals surface area (Å²) in [6.45, 7) is 5.72. The number of carbonyl (C=O) groups excluding carboxylic acids is 1. The van der Waals surface area contributed by atoms with Crippen LogP contribution in [-0.4, -0.2) is 72.0 Å². The molecule has 0 spiro atoms. The van der Waals surface area contributed by atoms with Crippen LogP contribution < -0.4 is 4.90 Å². The van der Waals surface area contributed by atoms with Crippen LogP contribution in [0.25, 0.3) is 0 Å². The molecule has 2 aliphatic heterocycles. The topological polar surface area (TPSA) is 52.6 Å². The van der Waals surface area contributed by atoms with Crippen LogP contribution in [0, 0.1) is 5.92 Å². The lowest BCUT2D eigenvalue weighted by molar-refractivity contribution is -0.131. The zero-order valence-electron chi connectivity index (χ0n) is 14.7. The van der Waals surface area contributed by atoms with E-state index in [9.17, 15) is 4.79 Å². The van der Waals surface area contributed by atoms with Crippen molar-refractivity contribution in [3.05, 3.63) is 18.5 Å². The zero-order valence-corrected chi connectivity index (χ0v) is 14.7. The van der Waals surface area contributed by atoms with E-state index < -0.39 is 0 Å². The molecule has 2 fully saturated rings. The van der Waals surface area contributed by atoms with Gasteiger partial charge in [0.1, 0.15) is 0 Å². The van der Waals surface area contributed by atoms with E-state index in [1.807, 2.05) is 11.0 Å². The summed E-state index contributed by atoms with van der Waals surface area (Å²) in [5.41, 5.74) is 0. The van der Waals surface area contributed by atoms with Crippen LogP contribution in [0.4, 0.5) is 5.95 Å². The number of hydrogen-bond acceptors (Lipinski definition) is 5. The van der Waals surface area contributed by atoms with Crippen molar-refractivity contribution in [3.8, 4) is 0 Å². The van der Waals surface area contributed by atoms with E-state index in [-0.39, 0.29) is 0 Å². The van der Waals surface area contributed by atoms with Gasteiger partial charge in [-0.15, -0.1) is 0 Å². The molecule has 132 valence electrons. The van der Waals surface area contributed by atoms with Gasteiger partial charge in [-0.25, -0.2) is 9.97 Å². The lowest BCUT2D eigenvalue weighted by atomic mass is 9.93. The lowest BCUT2D eigenvalue weighted by Gasteiger charge is -2.30. The van der Waals surface area contributed by atoms with Crippen molar-refractivity contribution in [3.63, 3.8) is 0 Å². The fraction of sp³-hybridized carbons (Fsp3) is 0.722. The molecule has 1 aromatic rings. The average Bonchev–Trinajstić information content (AvgIpc) is 2.87. The normalized spacial score (nSPS) is 23.1. The number of nitrogens with zero attached hydrogens (tertiary/aromatic N) is 5. The van der Waals surface area contributed by atoms with Gasteiger partial charge in [-0.1, -0.05) is 0 Å². The van der Waals surface area contributed by atoms with Gasteiger partial charge in [-0.2, -0.15) is 0 Å². The summed E-state index contributed by atoms with van der Waals surface area (Å²) in [6, 6.07) is 1.83. The van der Waals surface area contributed by atoms with E-state index in [4.69, 9.17) is 0 Å². The molecule has 24 heavy (non-hydrogen) atoms. The molecule has 0 saturated carbocycles. The van der Waals surface area contributed by atoms with Gasteiger partial charge in [0.25, 0.3) is 0 Å². The summed E-state index contributed by atoms with van der Waals surface area (Å²) in [5.74, 6) is 1.78. The highest BCUT2D eigenvalue weighted by molar-refractivity contribution is 5.76. The van der Waals surface area contributed by atoms with Crippen molar-refractivity contribution in [2.75, 3.05) is 51.2 Å². The Labute approximate surface area is 144 Å². The molecular formula is C18H29N5O. The highest BCUT2D eigenvalue weighted by Crippen LogP contribution is 2.20. The van der Waals surface area contributed by atoms with Gasteiger partial charge in [0.2, 0.25) is 11.9 Å². The summed E-state index contributed by atoms with van der Waals surface area (Å²) in [6.07, 6.45) is 8.80. The highest BCUT2D eigenvalue weighted by Gasteiger charge is 2.22. The van der Waals surface area contributed by atoms with Gasteiger partial charge in [-0.05, 0) is 51.3 Å². The van der Waals surface area contributed by atoms with Gasteiger partial charge >= 0.3 is 0 Å². The maximum Gasteiger partial charge on any atom is 0.225 e. The van der Waals surface area contributed by atoms with Gasteiger partial charge in [0.15, 0.2) is 0 Å². The lowest BCUT2D eigenvalue weighted by Crippen LogP contribution is -2.36. The van der Waals surface area contributed by atoms with E-state index in [1.165, 1.54) is 19.4 Å². The van der Waals surface area contributed by atoms with Gasteiger partial charge in [0.05, 0.1) is 0 Å². The first-order valence-electron chi connectivity index (χ1n) is 9.20. The summed E-state index contributed by atoms with van der Waals surface area (Å²) in [7, 11) is 2.18. The third-order valence-corrected chi connectivity index (χ3v) is 5.17. The van der Waals surface area contributed by atoms with E-state index in [0.717, 1.165) is 51.5 Å². The first-order valence-corrected chi connectivity index (χ1v) is 9.20. The molecule has 0 unspecified atom stereocenters. The molecule has 0 aliphatic carbocycles. The number of amides is 1. The average molecular weight is 331 g/mol. The smallest absolute Gasteiger partial charge is 0.225 e. The fourth-order valence-corrected chi connectivity index (χ4v) is 3.82. The number of rotatable bonds is 4. The number of piperidine rings is 1. The predicted octanol–water partition coefficient (Wildman–Crippen LogP) is 1.64. The minimum Gasteiger partial charge on any atom is -0.341 e. The Morgan fingerprint density at radius 1 is 1.12 bits per heavy atom. The fourth-order valence-electron chi connectivity index (χ4n) is 3.82. The van der Waals surface area contributed by atoms with Crippen molar-refractivity contribution in [1.29, 1.82) is 0 Å². The van der Waals surface area contributed by atoms with E-state index in [0.29, 0.717) is 18.2 Å². The Bertz CT molecular complexity index is 523. The molecule has 1 aromatic heterocycles. The number of anilines is 1. The standard InChI is InChI=1S/C18H29N5O/c1-21-10-2-5-16(15-21)6-7-17(24)22-11-4-12-23(14-13-22)18-19-8-3-9-20-18/h3,8-9,16H,2,4-7,10-15H2,1H3/t16-/m1/s1. The van der Waals surface area contributed by atoms with E-state index in [2.05, 4.69) is 26.8 Å². The number of aromatic nitrogens is 2. The van der Waals surface area contributed by atoms with E-state index in [1.54, 1.807) is 12.4 Å². The zero-order chi connectivity index (χ0) is 16.8. The highest BCUT2D eigenvalue weighted by atomic mass is 16.2. The molecule has 3 heterocycles. The van der Waals surface area contributed by atoms with Gasteiger partial charge in [-0.3, -0.25) is 4.79 Å². The summed E-state index contributed by atoms with van der Waals surface area (Å²) >= 11 is 0. The first-order chi connectivity index (χ1) is 11.7. The van der Waals surface area contributed by atoms with Crippen LogP contribution in [0.5, 0.6) is 0 Å². The second kappa shape index (κ2) is 8.42. The maximum absolute atomic E-state index is 12.6. The van der Waals surface area contributed by atoms with E-state index >= 15 is 0 Å². The first kappa shape index (κ1) is 17.1. The Kier molecular flexibility index (Phi) is 6.01. The summed E-state index contributed by atoms with van der Waals surface area (Å²) in [5, 5.41) is 0. The Hall–Kier alpha value is -1.69. The molecule has 0 bridgehead atoms. The van der Waals surface area contributed by atoms with Crippen LogP contribution >= 0.6 is 0 Å². The third-order valence-electron chi connectivity index (χ3n) is 5.17.